The Kier molecular flexibility index (Phi) is 7.88. The number of carbonyl (C=O) groups excluding carboxylic acids is 1. The number of carbonyl (C=O) groups is 1. The quantitative estimate of drug-likeness (QED) is 0.380. The van der Waals surface area contributed by atoms with E-state index in [2.05, 4.69) is 15.5 Å². The highest BCUT2D eigenvalue weighted by atomic mass is 16.5. The molecule has 216 valence electrons. The predicted octanol–water partition coefficient (Wildman–Crippen LogP) is 4.76. The number of ether oxygens (including phenoxy) is 2. The molecule has 10 nitrogen and oxygen atoms in total. The second-order valence-electron chi connectivity index (χ2n) is 11.9. The van der Waals surface area contributed by atoms with Gasteiger partial charge in [-0.25, -0.2) is 9.78 Å². The van der Waals surface area contributed by atoms with Gasteiger partial charge in [-0.15, -0.1) is 0 Å². The summed E-state index contributed by atoms with van der Waals surface area (Å²) in [6, 6.07) is 15.3. The lowest BCUT2D eigenvalue weighted by Crippen LogP contribution is -2.47. The Morgan fingerprint density at radius 3 is 2.10 bits per heavy atom. The van der Waals surface area contributed by atoms with Crippen molar-refractivity contribution in [3.05, 3.63) is 59.9 Å². The monoisotopic (exact) mass is 558 g/mol. The van der Waals surface area contributed by atoms with E-state index in [1.165, 1.54) is 0 Å². The number of nitrogens with zero attached hydrogens (tertiary/aromatic N) is 4. The molecule has 0 aliphatic carbocycles. The molecule has 2 atom stereocenters. The SMILES string of the molecule is CC(C)(O)Cc1ccc(NC(=O)Nc2ccc(-c3nc(C4CCOCC4)nc(N4C5CCC4COC5)n3)cc2)cc1. The molecule has 2 unspecified atom stereocenters. The Hall–Kier alpha value is -3.60. The lowest BCUT2D eigenvalue weighted by atomic mass is 9.99. The van der Waals surface area contributed by atoms with Gasteiger partial charge >= 0.3 is 6.03 Å². The summed E-state index contributed by atoms with van der Waals surface area (Å²) in [4.78, 5) is 29.8. The van der Waals surface area contributed by atoms with Crippen molar-refractivity contribution in [3.8, 4) is 11.4 Å². The number of aromatic nitrogens is 3. The Labute approximate surface area is 240 Å². The summed E-state index contributed by atoms with van der Waals surface area (Å²) in [5, 5.41) is 15.8. The maximum Gasteiger partial charge on any atom is 0.323 e. The molecule has 3 saturated heterocycles. The molecule has 3 N–H and O–H groups in total. The summed E-state index contributed by atoms with van der Waals surface area (Å²) in [7, 11) is 0. The van der Waals surface area contributed by atoms with Crippen molar-refractivity contribution in [1.29, 1.82) is 0 Å². The number of anilines is 3. The number of benzene rings is 2. The zero-order chi connectivity index (χ0) is 28.4. The van der Waals surface area contributed by atoms with Crippen molar-refractivity contribution < 1.29 is 19.4 Å². The van der Waals surface area contributed by atoms with E-state index >= 15 is 0 Å². The summed E-state index contributed by atoms with van der Waals surface area (Å²) < 4.78 is 11.4. The summed E-state index contributed by atoms with van der Waals surface area (Å²) in [6.07, 6.45) is 4.52. The highest BCUT2D eigenvalue weighted by Crippen LogP contribution is 2.34. The molecule has 2 aromatic carbocycles. The van der Waals surface area contributed by atoms with Gasteiger partial charge in [-0.05, 0) is 81.5 Å². The molecule has 2 bridgehead atoms. The van der Waals surface area contributed by atoms with Gasteiger partial charge in [0.05, 0.1) is 30.9 Å². The van der Waals surface area contributed by atoms with Crippen LogP contribution in [-0.4, -0.2) is 70.2 Å². The summed E-state index contributed by atoms with van der Waals surface area (Å²) in [5.41, 5.74) is 2.43. The van der Waals surface area contributed by atoms with Crippen molar-refractivity contribution in [2.24, 2.45) is 0 Å². The fourth-order valence-corrected chi connectivity index (χ4v) is 5.92. The molecule has 0 spiro atoms. The van der Waals surface area contributed by atoms with E-state index in [0.29, 0.717) is 48.9 Å². The van der Waals surface area contributed by atoms with Crippen molar-refractivity contribution in [3.63, 3.8) is 0 Å². The summed E-state index contributed by atoms with van der Waals surface area (Å²) >= 11 is 0. The molecular weight excluding hydrogens is 520 g/mol. The van der Waals surface area contributed by atoms with Crippen LogP contribution in [0, 0.1) is 0 Å². The maximum atomic E-state index is 12.6. The Balaban J connectivity index is 1.17. The van der Waals surface area contributed by atoms with Gasteiger partial charge in [0, 0.05) is 42.5 Å². The first-order chi connectivity index (χ1) is 19.8. The number of nitrogens with one attached hydrogen (secondary N) is 2. The van der Waals surface area contributed by atoms with Gasteiger partial charge in [0.1, 0.15) is 5.82 Å². The van der Waals surface area contributed by atoms with Gasteiger partial charge in [-0.1, -0.05) is 12.1 Å². The molecule has 4 heterocycles. The number of rotatable bonds is 7. The molecule has 3 fully saturated rings. The fraction of sp³-hybridized carbons (Fsp3) is 0.484. The third-order valence-electron chi connectivity index (χ3n) is 7.95. The average Bonchev–Trinajstić information content (AvgIpc) is 3.22. The molecule has 3 aromatic rings. The smallest absolute Gasteiger partial charge is 0.323 e. The van der Waals surface area contributed by atoms with E-state index in [1.807, 2.05) is 48.5 Å². The van der Waals surface area contributed by atoms with Crippen LogP contribution in [0.4, 0.5) is 22.1 Å². The Morgan fingerprint density at radius 2 is 1.49 bits per heavy atom. The number of urea groups is 1. The van der Waals surface area contributed by atoms with E-state index in [0.717, 1.165) is 61.8 Å². The lowest BCUT2D eigenvalue weighted by molar-refractivity contribution is 0.0809. The van der Waals surface area contributed by atoms with Crippen LogP contribution >= 0.6 is 0 Å². The van der Waals surface area contributed by atoms with Crippen LogP contribution in [0.25, 0.3) is 11.4 Å². The molecule has 3 aliphatic rings. The summed E-state index contributed by atoms with van der Waals surface area (Å²) in [5.74, 6) is 2.46. The molecule has 41 heavy (non-hydrogen) atoms. The average molecular weight is 559 g/mol. The maximum absolute atomic E-state index is 12.6. The minimum Gasteiger partial charge on any atom is -0.390 e. The number of hydrogen-bond donors (Lipinski definition) is 3. The first-order valence-corrected chi connectivity index (χ1v) is 14.5. The minimum atomic E-state index is -0.782. The molecule has 1 aromatic heterocycles. The van der Waals surface area contributed by atoms with Crippen LogP contribution < -0.4 is 15.5 Å². The summed E-state index contributed by atoms with van der Waals surface area (Å²) in [6.45, 7) is 6.40. The molecule has 3 aliphatic heterocycles. The van der Waals surface area contributed by atoms with Crippen LogP contribution in [-0.2, 0) is 15.9 Å². The molecule has 10 heteroatoms. The van der Waals surface area contributed by atoms with Crippen molar-refractivity contribution in [1.82, 2.24) is 15.0 Å². The third-order valence-corrected chi connectivity index (χ3v) is 7.95. The van der Waals surface area contributed by atoms with Gasteiger partial charge in [-0.2, -0.15) is 9.97 Å². The highest BCUT2D eigenvalue weighted by molar-refractivity contribution is 5.99. The third kappa shape index (κ3) is 6.66. The van der Waals surface area contributed by atoms with E-state index < -0.39 is 5.60 Å². The highest BCUT2D eigenvalue weighted by Gasteiger charge is 2.39. The topological polar surface area (TPSA) is 122 Å². The minimum absolute atomic E-state index is 0.247. The van der Waals surface area contributed by atoms with Crippen LogP contribution in [0.15, 0.2) is 48.5 Å². The zero-order valence-corrected chi connectivity index (χ0v) is 23.7. The van der Waals surface area contributed by atoms with Crippen LogP contribution in [0.1, 0.15) is 56.8 Å². The van der Waals surface area contributed by atoms with E-state index in [1.54, 1.807) is 13.8 Å². The second-order valence-corrected chi connectivity index (χ2v) is 11.9. The first kappa shape index (κ1) is 27.6. The van der Waals surface area contributed by atoms with Gasteiger partial charge in [0.15, 0.2) is 5.82 Å². The van der Waals surface area contributed by atoms with Crippen molar-refractivity contribution in [2.75, 3.05) is 42.0 Å². The molecule has 0 saturated carbocycles. The molecule has 6 rings (SSSR count). The molecule has 0 radical (unpaired) electrons. The number of amides is 2. The Morgan fingerprint density at radius 1 is 0.878 bits per heavy atom. The van der Waals surface area contributed by atoms with Crippen LogP contribution in [0.3, 0.4) is 0 Å². The normalized spacial score (nSPS) is 21.1. The number of hydrogen-bond acceptors (Lipinski definition) is 8. The van der Waals surface area contributed by atoms with Gasteiger partial charge in [0.2, 0.25) is 5.95 Å². The van der Waals surface area contributed by atoms with Gasteiger partial charge in [0.25, 0.3) is 0 Å². The predicted molar refractivity (Wildman–Crippen MR) is 157 cm³/mol. The van der Waals surface area contributed by atoms with Gasteiger partial charge < -0.3 is 30.1 Å². The van der Waals surface area contributed by atoms with E-state index in [-0.39, 0.29) is 11.9 Å². The second kappa shape index (κ2) is 11.7. The number of aliphatic hydroxyl groups is 1. The van der Waals surface area contributed by atoms with E-state index in [9.17, 15) is 9.90 Å². The van der Waals surface area contributed by atoms with Crippen molar-refractivity contribution >= 4 is 23.4 Å². The van der Waals surface area contributed by atoms with Gasteiger partial charge in [-0.3, -0.25) is 0 Å². The van der Waals surface area contributed by atoms with Crippen LogP contribution in [0.2, 0.25) is 0 Å². The molecular formula is C31H38N6O4. The Bertz CT molecular complexity index is 1340. The first-order valence-electron chi connectivity index (χ1n) is 14.5. The standard InChI is InChI=1S/C31H38N6O4/c1-31(2,39)17-20-3-7-23(8-4-20)32-30(38)33-24-9-5-21(6-10-24)27-34-28(22-13-15-40-16-14-22)36-29(35-27)37-25-11-12-26(37)19-41-18-25/h3-10,22,25-26,39H,11-19H2,1-2H3,(H2,32,33,38). The molecule has 2 amide bonds. The van der Waals surface area contributed by atoms with E-state index in [4.69, 9.17) is 24.4 Å². The zero-order valence-electron chi connectivity index (χ0n) is 23.7. The number of morpholine rings is 1. The van der Waals surface area contributed by atoms with Crippen LogP contribution in [0.5, 0.6) is 0 Å². The lowest BCUT2D eigenvalue weighted by Gasteiger charge is -2.35. The fourth-order valence-electron chi connectivity index (χ4n) is 5.92. The van der Waals surface area contributed by atoms with Crippen molar-refractivity contribution in [2.45, 2.75) is 69.6 Å². The number of fused-ring (bicyclic) bond motifs is 2. The largest absolute Gasteiger partial charge is 0.390 e.